The van der Waals surface area contributed by atoms with Crippen molar-refractivity contribution in [1.29, 1.82) is 0 Å². The van der Waals surface area contributed by atoms with E-state index in [1.807, 2.05) is 0 Å². The van der Waals surface area contributed by atoms with E-state index >= 15 is 0 Å². The van der Waals surface area contributed by atoms with Gasteiger partial charge >= 0.3 is 0 Å². The van der Waals surface area contributed by atoms with Crippen molar-refractivity contribution in [2.24, 2.45) is 11.6 Å². The second kappa shape index (κ2) is 12.0. The van der Waals surface area contributed by atoms with E-state index in [4.69, 9.17) is 35.3 Å². The second-order valence-electron chi connectivity index (χ2n) is 8.75. The van der Waals surface area contributed by atoms with Crippen LogP contribution in [-0.4, -0.2) is 163 Å². The molecule has 14 N–H and O–H groups in total. The minimum atomic E-state index is -2.37. The Hall–Kier alpha value is -0.720. The molecule has 0 saturated carbocycles. The van der Waals surface area contributed by atoms with Crippen molar-refractivity contribution in [3.8, 4) is 0 Å². The molecule has 3 fully saturated rings. The van der Waals surface area contributed by atoms with Crippen molar-refractivity contribution in [2.75, 3.05) is 19.8 Å². The molecule has 0 aliphatic carbocycles. The average Bonchev–Trinajstić information content (AvgIpc) is 3.12. The monoisotopic (exact) mass is 534 g/mol. The van der Waals surface area contributed by atoms with Crippen molar-refractivity contribution in [2.45, 2.75) is 91.7 Å². The summed E-state index contributed by atoms with van der Waals surface area (Å²) in [5, 5.41) is 100. The van der Waals surface area contributed by atoms with Crippen LogP contribution in [0, 0.1) is 0 Å². The van der Waals surface area contributed by atoms with Crippen molar-refractivity contribution in [3.05, 3.63) is 0 Å². The van der Waals surface area contributed by atoms with Crippen LogP contribution in [0.2, 0.25) is 0 Å². The van der Waals surface area contributed by atoms with Crippen molar-refractivity contribution >= 4 is 0 Å². The van der Waals surface area contributed by atoms with Gasteiger partial charge in [-0.05, 0) is 0 Å². The van der Waals surface area contributed by atoms with Gasteiger partial charge in [-0.2, -0.15) is 0 Å². The molecule has 0 aromatic rings. The van der Waals surface area contributed by atoms with E-state index in [2.05, 4.69) is 4.84 Å². The van der Waals surface area contributed by atoms with E-state index in [0.717, 1.165) is 0 Å². The Balaban J connectivity index is 1.70. The van der Waals surface area contributed by atoms with Gasteiger partial charge in [0.05, 0.1) is 13.2 Å². The summed E-state index contributed by atoms with van der Waals surface area (Å²) in [6.45, 7) is -2.49. The fourth-order valence-corrected chi connectivity index (χ4v) is 4.17. The van der Waals surface area contributed by atoms with Crippen LogP contribution in [-0.2, 0) is 28.5 Å². The highest BCUT2D eigenvalue weighted by molar-refractivity contribution is 4.98. The average molecular weight is 534 g/mol. The van der Waals surface area contributed by atoms with Gasteiger partial charge < -0.3 is 80.5 Å². The Kier molecular flexibility index (Phi) is 9.93. The minimum absolute atomic E-state index is 0.668. The molecule has 36 heavy (non-hydrogen) atoms. The Bertz CT molecular complexity index is 710. The lowest BCUT2D eigenvalue weighted by molar-refractivity contribution is -0.388. The third-order valence-electron chi connectivity index (χ3n) is 6.40. The van der Waals surface area contributed by atoms with Crippen molar-refractivity contribution in [3.63, 3.8) is 0 Å². The van der Waals surface area contributed by atoms with Crippen molar-refractivity contribution in [1.82, 2.24) is 0 Å². The highest BCUT2D eigenvalue weighted by atomic mass is 16.8. The molecular weight excluding hydrogens is 500 g/mol. The summed E-state index contributed by atoms with van der Waals surface area (Å²) in [5.41, 5.74) is 5.56. The smallest absolute Gasteiger partial charge is 0.224 e. The molecule has 18 nitrogen and oxygen atoms in total. The predicted octanol–water partition coefficient (Wildman–Crippen LogP) is -8.39. The first-order valence-electron chi connectivity index (χ1n) is 11.0. The SMILES string of the molecule is NOC(N)[C@H]1OC(OC[C@H]2OC(O[C@]3(CO)O[C@H](CO)[C@@H](O)[C@@H]3O)[C@H](O)[C@@H](O)[C@@H]2O)[C@H](O)[C@@H](O)[C@H]1O. The van der Waals surface area contributed by atoms with Gasteiger partial charge in [0, 0.05) is 0 Å². The van der Waals surface area contributed by atoms with Gasteiger partial charge in [0.25, 0.3) is 0 Å². The molecule has 3 unspecified atom stereocenters. The molecule has 0 aromatic carbocycles. The summed E-state index contributed by atoms with van der Waals surface area (Å²) < 4.78 is 26.7. The number of hydrogen-bond acceptors (Lipinski definition) is 18. The van der Waals surface area contributed by atoms with E-state index < -0.39 is 112 Å². The largest absolute Gasteiger partial charge is 0.394 e. The Labute approximate surface area is 203 Å². The second-order valence-corrected chi connectivity index (χ2v) is 8.75. The Morgan fingerprint density at radius 3 is 1.92 bits per heavy atom. The topological polar surface area (TPSA) is 310 Å². The van der Waals surface area contributed by atoms with E-state index in [0.29, 0.717) is 0 Å². The fraction of sp³-hybridized carbons (Fsp3) is 1.00. The lowest BCUT2D eigenvalue weighted by Crippen LogP contribution is -2.65. The molecular formula is C18H34N2O16. The molecule has 15 atom stereocenters. The first-order valence-corrected chi connectivity index (χ1v) is 11.0. The van der Waals surface area contributed by atoms with Crippen LogP contribution >= 0.6 is 0 Å². The van der Waals surface area contributed by atoms with Gasteiger partial charge in [-0.15, -0.1) is 0 Å². The van der Waals surface area contributed by atoms with Gasteiger partial charge in [-0.25, -0.2) is 5.90 Å². The first kappa shape index (κ1) is 29.8. The molecule has 0 aromatic heterocycles. The molecule has 0 spiro atoms. The third kappa shape index (κ3) is 5.52. The molecule has 3 aliphatic heterocycles. The van der Waals surface area contributed by atoms with Crippen molar-refractivity contribution < 1.29 is 79.6 Å². The van der Waals surface area contributed by atoms with Crippen LogP contribution in [0.3, 0.4) is 0 Å². The third-order valence-corrected chi connectivity index (χ3v) is 6.40. The minimum Gasteiger partial charge on any atom is -0.394 e. The maximum atomic E-state index is 10.3. The number of rotatable bonds is 9. The quantitative estimate of drug-likeness (QED) is 0.0964. The number of aliphatic hydroxyl groups is 10. The standard InChI is InChI=1S/C18H34N2O16/c19-15(36-20)13-10(27)9(26)11(28)16(33-13)31-2-5-6(23)8(25)12(29)17(32-5)35-18(3-22)14(30)7(24)4(1-21)34-18/h4-17,21-30H,1-3,19-20H2/t4-,5-,6-,7-,8+,9+,10-,11-,12-,13+,14+,15?,16?,17?,18+/m1/s1. The predicted molar refractivity (Wildman–Crippen MR) is 107 cm³/mol. The molecule has 3 aliphatic rings. The number of hydrogen-bond donors (Lipinski definition) is 12. The first-order chi connectivity index (χ1) is 16.9. The zero-order valence-corrected chi connectivity index (χ0v) is 18.8. The highest BCUT2D eigenvalue weighted by Crippen LogP contribution is 2.36. The Morgan fingerprint density at radius 2 is 1.36 bits per heavy atom. The molecule has 0 radical (unpaired) electrons. The Morgan fingerprint density at radius 1 is 0.750 bits per heavy atom. The van der Waals surface area contributed by atoms with Crippen LogP contribution in [0.25, 0.3) is 0 Å². The summed E-state index contributed by atoms with van der Waals surface area (Å²) >= 11 is 0. The molecule has 3 heterocycles. The lowest BCUT2D eigenvalue weighted by Gasteiger charge is -2.45. The lowest BCUT2D eigenvalue weighted by atomic mass is 9.97. The van der Waals surface area contributed by atoms with E-state index in [9.17, 15) is 51.1 Å². The summed E-state index contributed by atoms with van der Waals surface area (Å²) in [6.07, 6.45) is -23.8. The molecule has 3 rings (SSSR count). The van der Waals surface area contributed by atoms with E-state index in [1.165, 1.54) is 0 Å². The number of ether oxygens (including phenoxy) is 5. The summed E-state index contributed by atoms with van der Waals surface area (Å²) in [4.78, 5) is 4.37. The van der Waals surface area contributed by atoms with Crippen LogP contribution in [0.5, 0.6) is 0 Å². The summed E-state index contributed by atoms with van der Waals surface area (Å²) in [6, 6.07) is 0. The summed E-state index contributed by atoms with van der Waals surface area (Å²) in [5.74, 6) is 2.60. The van der Waals surface area contributed by atoms with E-state index in [-0.39, 0.29) is 0 Å². The fourth-order valence-electron chi connectivity index (χ4n) is 4.17. The molecule has 3 saturated heterocycles. The summed E-state index contributed by atoms with van der Waals surface area (Å²) in [7, 11) is 0. The van der Waals surface area contributed by atoms with Gasteiger partial charge in [0.15, 0.2) is 18.8 Å². The van der Waals surface area contributed by atoms with Gasteiger partial charge in [0.1, 0.15) is 73.8 Å². The van der Waals surface area contributed by atoms with Crippen LogP contribution in [0.4, 0.5) is 0 Å². The van der Waals surface area contributed by atoms with E-state index in [1.54, 1.807) is 0 Å². The zero-order chi connectivity index (χ0) is 26.9. The molecule has 0 amide bonds. The maximum absolute atomic E-state index is 10.3. The van der Waals surface area contributed by atoms with Crippen LogP contribution in [0.1, 0.15) is 0 Å². The van der Waals surface area contributed by atoms with Gasteiger partial charge in [-0.1, -0.05) is 0 Å². The molecule has 0 bridgehead atoms. The molecule has 212 valence electrons. The highest BCUT2D eigenvalue weighted by Gasteiger charge is 2.58. The molecule has 18 heteroatoms. The number of nitrogens with two attached hydrogens (primary N) is 2. The van der Waals surface area contributed by atoms with Gasteiger partial charge in [0.2, 0.25) is 5.79 Å². The van der Waals surface area contributed by atoms with Gasteiger partial charge in [-0.3, -0.25) is 4.84 Å². The number of aliphatic hydroxyl groups excluding tert-OH is 10. The van der Waals surface area contributed by atoms with Crippen LogP contribution < -0.4 is 11.6 Å². The zero-order valence-electron chi connectivity index (χ0n) is 18.8. The maximum Gasteiger partial charge on any atom is 0.224 e. The normalized spacial score (nSPS) is 50.8. The van der Waals surface area contributed by atoms with Crippen LogP contribution in [0.15, 0.2) is 0 Å².